The molecule has 5 rings (SSSR count). The summed E-state index contributed by atoms with van der Waals surface area (Å²) in [6.07, 6.45) is 0. The summed E-state index contributed by atoms with van der Waals surface area (Å²) in [7, 11) is 1.32. The summed E-state index contributed by atoms with van der Waals surface area (Å²) in [4.78, 5) is 26.5. The van der Waals surface area contributed by atoms with E-state index in [2.05, 4.69) is 5.32 Å². The zero-order chi connectivity index (χ0) is 23.8. The molecular weight excluding hydrogens is 433 g/mol. The van der Waals surface area contributed by atoms with Gasteiger partial charge >= 0.3 is 5.97 Å². The molecule has 1 N–H and O–H groups in total. The standard InChI is InChI=1S/C28H22FNO4/c1-16-23(28(32)33-2)24(25-26(30-16)19-10-3-4-11-20(19)27(25)31)21-12-5-6-13-22(21)34-15-17-8-7-9-18(29)14-17/h3-14,24,30H,15H2,1-2H3/t24-/m1/s1. The molecule has 1 heterocycles. The van der Waals surface area contributed by atoms with E-state index in [9.17, 15) is 14.0 Å². The maximum Gasteiger partial charge on any atom is 0.336 e. The number of allylic oxidation sites excluding steroid dienone is 2. The molecule has 0 bridgehead atoms. The zero-order valence-corrected chi connectivity index (χ0v) is 18.7. The summed E-state index contributed by atoms with van der Waals surface area (Å²) in [5.41, 5.74) is 4.85. The number of carbonyl (C=O) groups excluding carboxylic acids is 2. The minimum atomic E-state index is -0.688. The van der Waals surface area contributed by atoms with Crippen LogP contribution >= 0.6 is 0 Å². The number of nitrogens with one attached hydrogen (secondary N) is 1. The quantitative estimate of drug-likeness (QED) is 0.540. The normalized spacial score (nSPS) is 16.7. The van der Waals surface area contributed by atoms with Gasteiger partial charge in [0.15, 0.2) is 5.78 Å². The molecule has 0 saturated carbocycles. The van der Waals surface area contributed by atoms with Crippen LogP contribution in [-0.2, 0) is 16.1 Å². The lowest BCUT2D eigenvalue weighted by atomic mass is 9.79. The molecular formula is C28H22FNO4. The first-order valence-corrected chi connectivity index (χ1v) is 10.9. The Morgan fingerprint density at radius 1 is 1.00 bits per heavy atom. The molecule has 2 aliphatic rings. The van der Waals surface area contributed by atoms with E-state index >= 15 is 0 Å². The fourth-order valence-electron chi connectivity index (χ4n) is 4.66. The van der Waals surface area contributed by atoms with Crippen molar-refractivity contribution in [3.05, 3.63) is 118 Å². The van der Waals surface area contributed by atoms with Gasteiger partial charge in [-0.2, -0.15) is 0 Å². The van der Waals surface area contributed by atoms with Crippen LogP contribution < -0.4 is 10.1 Å². The van der Waals surface area contributed by atoms with Crippen LogP contribution in [0.4, 0.5) is 4.39 Å². The monoisotopic (exact) mass is 455 g/mol. The second-order valence-corrected chi connectivity index (χ2v) is 8.21. The number of dihydropyridines is 1. The van der Waals surface area contributed by atoms with Crippen molar-refractivity contribution in [3.8, 4) is 5.75 Å². The third kappa shape index (κ3) is 3.57. The van der Waals surface area contributed by atoms with Crippen molar-refractivity contribution in [1.29, 1.82) is 0 Å². The van der Waals surface area contributed by atoms with Gasteiger partial charge in [-0.25, -0.2) is 9.18 Å². The van der Waals surface area contributed by atoms with E-state index in [0.717, 1.165) is 5.56 Å². The van der Waals surface area contributed by atoms with Crippen LogP contribution in [0.25, 0.3) is 5.70 Å². The first kappa shape index (κ1) is 21.6. The lowest BCUT2D eigenvalue weighted by molar-refractivity contribution is -0.136. The van der Waals surface area contributed by atoms with Crippen LogP contribution in [0.1, 0.15) is 39.9 Å². The van der Waals surface area contributed by atoms with Gasteiger partial charge in [0, 0.05) is 28.0 Å². The number of Topliss-reactive ketones (excluding diaryl/α,β-unsaturated/α-hetero) is 1. The molecule has 0 amide bonds. The number of hydrogen-bond acceptors (Lipinski definition) is 5. The van der Waals surface area contributed by atoms with Crippen molar-refractivity contribution in [2.45, 2.75) is 19.4 Å². The molecule has 1 aliphatic carbocycles. The largest absolute Gasteiger partial charge is 0.489 e. The molecule has 0 fully saturated rings. The average Bonchev–Trinajstić information content (AvgIpc) is 3.13. The van der Waals surface area contributed by atoms with Crippen LogP contribution in [0.2, 0.25) is 0 Å². The summed E-state index contributed by atoms with van der Waals surface area (Å²) in [5.74, 6) is -1.19. The van der Waals surface area contributed by atoms with Crippen molar-refractivity contribution in [2.75, 3.05) is 7.11 Å². The number of esters is 1. The first-order valence-electron chi connectivity index (χ1n) is 10.9. The lowest BCUT2D eigenvalue weighted by Crippen LogP contribution is -2.29. The average molecular weight is 455 g/mol. The van der Waals surface area contributed by atoms with Crippen LogP contribution in [-0.4, -0.2) is 18.9 Å². The van der Waals surface area contributed by atoms with Crippen molar-refractivity contribution < 1.29 is 23.5 Å². The number of carbonyl (C=O) groups is 2. The molecule has 6 heteroatoms. The molecule has 0 aromatic heterocycles. The van der Waals surface area contributed by atoms with Crippen molar-refractivity contribution in [1.82, 2.24) is 5.32 Å². The fraction of sp³-hybridized carbons (Fsp3) is 0.143. The van der Waals surface area contributed by atoms with E-state index in [-0.39, 0.29) is 18.2 Å². The number of ketones is 1. The Bertz CT molecular complexity index is 1390. The predicted octanol–water partition coefficient (Wildman–Crippen LogP) is 5.15. The van der Waals surface area contributed by atoms with E-state index in [0.29, 0.717) is 45.0 Å². The van der Waals surface area contributed by atoms with Gasteiger partial charge in [0.05, 0.1) is 24.3 Å². The maximum atomic E-state index is 13.6. The van der Waals surface area contributed by atoms with Gasteiger partial charge < -0.3 is 14.8 Å². The number of para-hydroxylation sites is 1. The SMILES string of the molecule is COC(=O)C1=C(C)NC2=C(C(=O)c3ccccc32)[C@@H]1c1ccccc1OCc1cccc(F)c1. The molecule has 5 nitrogen and oxygen atoms in total. The van der Waals surface area contributed by atoms with Crippen molar-refractivity contribution in [2.24, 2.45) is 0 Å². The first-order chi connectivity index (χ1) is 16.5. The third-order valence-corrected chi connectivity index (χ3v) is 6.17. The van der Waals surface area contributed by atoms with Gasteiger partial charge in [-0.15, -0.1) is 0 Å². The molecule has 170 valence electrons. The van der Waals surface area contributed by atoms with Crippen LogP contribution in [0.3, 0.4) is 0 Å². The Morgan fingerprint density at radius 3 is 2.50 bits per heavy atom. The van der Waals surface area contributed by atoms with Gasteiger partial charge in [-0.3, -0.25) is 4.79 Å². The second-order valence-electron chi connectivity index (χ2n) is 8.21. The van der Waals surface area contributed by atoms with Crippen LogP contribution in [0.5, 0.6) is 5.75 Å². The number of methoxy groups -OCH3 is 1. The van der Waals surface area contributed by atoms with Gasteiger partial charge in [-0.1, -0.05) is 54.6 Å². The summed E-state index contributed by atoms with van der Waals surface area (Å²) in [6.45, 7) is 1.93. The number of fused-ring (bicyclic) bond motifs is 2. The minimum absolute atomic E-state index is 0.135. The lowest BCUT2D eigenvalue weighted by Gasteiger charge is -2.30. The highest BCUT2D eigenvalue weighted by Gasteiger charge is 2.43. The summed E-state index contributed by atoms with van der Waals surface area (Å²) in [6, 6.07) is 20.8. The number of rotatable bonds is 5. The van der Waals surface area contributed by atoms with Gasteiger partial charge in [0.2, 0.25) is 0 Å². The Morgan fingerprint density at radius 2 is 1.74 bits per heavy atom. The molecule has 0 spiro atoms. The molecule has 3 aromatic carbocycles. The van der Waals surface area contributed by atoms with E-state index in [1.165, 1.54) is 19.2 Å². The van der Waals surface area contributed by atoms with E-state index in [4.69, 9.17) is 9.47 Å². The van der Waals surface area contributed by atoms with Crippen LogP contribution in [0.15, 0.2) is 89.6 Å². The number of hydrogen-bond donors (Lipinski definition) is 1. The van der Waals surface area contributed by atoms with E-state index in [1.54, 1.807) is 31.2 Å². The maximum absolute atomic E-state index is 13.6. The smallest absolute Gasteiger partial charge is 0.336 e. The van der Waals surface area contributed by atoms with E-state index in [1.807, 2.05) is 36.4 Å². The fourth-order valence-corrected chi connectivity index (χ4v) is 4.66. The number of halogens is 1. The van der Waals surface area contributed by atoms with E-state index < -0.39 is 11.9 Å². The summed E-state index contributed by atoms with van der Waals surface area (Å²) in [5, 5.41) is 3.27. The zero-order valence-electron chi connectivity index (χ0n) is 18.7. The van der Waals surface area contributed by atoms with Crippen LogP contribution in [0, 0.1) is 5.82 Å². The second kappa shape index (κ2) is 8.63. The van der Waals surface area contributed by atoms with Gasteiger partial charge in [0.25, 0.3) is 0 Å². The number of benzene rings is 3. The van der Waals surface area contributed by atoms with Gasteiger partial charge in [0.1, 0.15) is 18.2 Å². The molecule has 3 aromatic rings. The Balaban J connectivity index is 1.62. The molecule has 0 radical (unpaired) electrons. The molecule has 1 atom stereocenters. The molecule has 0 saturated heterocycles. The minimum Gasteiger partial charge on any atom is -0.489 e. The summed E-state index contributed by atoms with van der Waals surface area (Å²) < 4.78 is 24.8. The third-order valence-electron chi connectivity index (χ3n) is 6.17. The Kier molecular flexibility index (Phi) is 5.49. The Labute approximate surface area is 196 Å². The number of ether oxygens (including phenoxy) is 2. The highest BCUT2D eigenvalue weighted by molar-refractivity contribution is 6.23. The van der Waals surface area contributed by atoms with Crippen molar-refractivity contribution in [3.63, 3.8) is 0 Å². The van der Waals surface area contributed by atoms with Gasteiger partial charge in [-0.05, 0) is 30.7 Å². The highest BCUT2D eigenvalue weighted by atomic mass is 19.1. The summed E-state index contributed by atoms with van der Waals surface area (Å²) >= 11 is 0. The molecule has 1 aliphatic heterocycles. The predicted molar refractivity (Wildman–Crippen MR) is 125 cm³/mol. The Hall–Kier alpha value is -4.19. The topological polar surface area (TPSA) is 64.6 Å². The molecule has 34 heavy (non-hydrogen) atoms. The highest BCUT2D eigenvalue weighted by Crippen LogP contribution is 2.48. The molecule has 0 unspecified atom stereocenters. The van der Waals surface area contributed by atoms with Crippen molar-refractivity contribution >= 4 is 17.4 Å².